The van der Waals surface area contributed by atoms with Crippen LogP contribution in [0.1, 0.15) is 12.5 Å². The maximum atomic E-state index is 11.9. The summed E-state index contributed by atoms with van der Waals surface area (Å²) >= 11 is 0. The number of para-hydroxylation sites is 1. The van der Waals surface area contributed by atoms with Crippen LogP contribution in [0.4, 0.5) is 5.69 Å². The van der Waals surface area contributed by atoms with Crippen molar-refractivity contribution in [2.45, 2.75) is 13.8 Å². The first kappa shape index (κ1) is 14.1. The number of aromatic nitrogens is 1. The fourth-order valence-electron chi connectivity index (χ4n) is 2.16. The molecule has 0 spiro atoms. The Hall–Kier alpha value is -2.88. The first-order valence-electron chi connectivity index (χ1n) is 6.98. The second-order valence-corrected chi connectivity index (χ2v) is 5.27. The van der Waals surface area contributed by atoms with Crippen LogP contribution in [-0.4, -0.2) is 10.9 Å². The molecular weight excluding hydrogens is 276 g/mol. The lowest BCUT2D eigenvalue weighted by Crippen LogP contribution is -2.12. The Morgan fingerprint density at radius 1 is 1.23 bits per heavy atom. The topological polar surface area (TPSA) is 55.1 Å². The van der Waals surface area contributed by atoms with Gasteiger partial charge in [0.25, 0.3) is 5.91 Å². The quantitative estimate of drug-likeness (QED) is 0.731. The van der Waals surface area contributed by atoms with Crippen LogP contribution in [0, 0.1) is 6.92 Å². The van der Waals surface area contributed by atoms with Gasteiger partial charge < -0.3 is 9.73 Å². The Morgan fingerprint density at radius 3 is 2.77 bits per heavy atom. The number of anilines is 1. The molecule has 0 atom stereocenters. The minimum atomic E-state index is -0.223. The van der Waals surface area contributed by atoms with Gasteiger partial charge in [-0.2, -0.15) is 0 Å². The van der Waals surface area contributed by atoms with E-state index < -0.39 is 0 Å². The summed E-state index contributed by atoms with van der Waals surface area (Å²) in [5.41, 5.74) is 4.49. The average molecular weight is 292 g/mol. The number of hydrogen-bond donors (Lipinski definition) is 1. The van der Waals surface area contributed by atoms with E-state index in [0.717, 1.165) is 22.2 Å². The third kappa shape index (κ3) is 2.63. The van der Waals surface area contributed by atoms with Crippen LogP contribution < -0.4 is 5.32 Å². The molecule has 1 aromatic heterocycles. The van der Waals surface area contributed by atoms with Crippen LogP contribution in [0.2, 0.25) is 0 Å². The predicted molar refractivity (Wildman–Crippen MR) is 87.6 cm³/mol. The lowest BCUT2D eigenvalue weighted by molar-refractivity contribution is -0.112. The smallest absolute Gasteiger partial charge is 0.250 e. The first-order chi connectivity index (χ1) is 10.5. The maximum Gasteiger partial charge on any atom is 0.250 e. The zero-order valence-corrected chi connectivity index (χ0v) is 12.5. The van der Waals surface area contributed by atoms with Crippen LogP contribution in [0.5, 0.6) is 0 Å². The van der Waals surface area contributed by atoms with Crippen molar-refractivity contribution < 1.29 is 9.21 Å². The standard InChI is InChI=1S/C18H16N2O2/c1-11(2)17(21)19-14-7-5-4-6-13(14)18-20-15-10-12(3)8-9-16(15)22-18/h4-10H,1H2,2-3H3,(H,19,21). The largest absolute Gasteiger partial charge is 0.436 e. The molecule has 0 radical (unpaired) electrons. The highest BCUT2D eigenvalue weighted by Gasteiger charge is 2.14. The highest BCUT2D eigenvalue weighted by Crippen LogP contribution is 2.30. The molecule has 0 saturated heterocycles. The minimum absolute atomic E-state index is 0.223. The van der Waals surface area contributed by atoms with Crippen LogP contribution in [0.15, 0.2) is 59.0 Å². The maximum absolute atomic E-state index is 11.9. The minimum Gasteiger partial charge on any atom is -0.436 e. The second kappa shape index (κ2) is 5.48. The number of nitrogens with zero attached hydrogens (tertiary/aromatic N) is 1. The van der Waals surface area contributed by atoms with Crippen molar-refractivity contribution in [2.75, 3.05) is 5.32 Å². The molecule has 0 aliphatic carbocycles. The third-order valence-corrected chi connectivity index (χ3v) is 3.34. The molecule has 110 valence electrons. The van der Waals surface area contributed by atoms with E-state index in [0.29, 0.717) is 17.2 Å². The van der Waals surface area contributed by atoms with Crippen molar-refractivity contribution in [3.63, 3.8) is 0 Å². The van der Waals surface area contributed by atoms with Gasteiger partial charge in [0.15, 0.2) is 5.58 Å². The van der Waals surface area contributed by atoms with Crippen molar-refractivity contribution in [3.8, 4) is 11.5 Å². The van der Waals surface area contributed by atoms with Crippen LogP contribution >= 0.6 is 0 Å². The molecule has 0 aliphatic rings. The van der Waals surface area contributed by atoms with Crippen molar-refractivity contribution in [2.24, 2.45) is 0 Å². The van der Waals surface area contributed by atoms with Crippen molar-refractivity contribution in [1.29, 1.82) is 0 Å². The Kier molecular flexibility index (Phi) is 3.51. The molecule has 2 aromatic carbocycles. The number of fused-ring (bicyclic) bond motifs is 1. The van der Waals surface area contributed by atoms with E-state index in [-0.39, 0.29) is 5.91 Å². The number of amides is 1. The average Bonchev–Trinajstić information content (AvgIpc) is 2.90. The van der Waals surface area contributed by atoms with Gasteiger partial charge in [0, 0.05) is 5.57 Å². The molecule has 0 fully saturated rings. The first-order valence-corrected chi connectivity index (χ1v) is 6.98. The molecule has 22 heavy (non-hydrogen) atoms. The van der Waals surface area contributed by atoms with Gasteiger partial charge >= 0.3 is 0 Å². The molecular formula is C18H16N2O2. The molecule has 1 amide bonds. The third-order valence-electron chi connectivity index (χ3n) is 3.34. The van der Waals surface area contributed by atoms with Crippen LogP contribution in [-0.2, 0) is 4.79 Å². The zero-order valence-electron chi connectivity index (χ0n) is 12.5. The molecule has 0 bridgehead atoms. The summed E-state index contributed by atoms with van der Waals surface area (Å²) < 4.78 is 5.81. The van der Waals surface area contributed by atoms with Crippen molar-refractivity contribution >= 4 is 22.7 Å². The van der Waals surface area contributed by atoms with E-state index >= 15 is 0 Å². The molecule has 0 unspecified atom stereocenters. The monoisotopic (exact) mass is 292 g/mol. The van der Waals surface area contributed by atoms with Gasteiger partial charge in [0.05, 0.1) is 11.3 Å². The molecule has 4 heteroatoms. The van der Waals surface area contributed by atoms with E-state index in [9.17, 15) is 4.79 Å². The van der Waals surface area contributed by atoms with Gasteiger partial charge in [-0.3, -0.25) is 4.79 Å². The molecule has 4 nitrogen and oxygen atoms in total. The van der Waals surface area contributed by atoms with E-state index in [2.05, 4.69) is 16.9 Å². The lowest BCUT2D eigenvalue weighted by Gasteiger charge is -2.08. The normalized spacial score (nSPS) is 10.6. The fourth-order valence-corrected chi connectivity index (χ4v) is 2.16. The highest BCUT2D eigenvalue weighted by molar-refractivity contribution is 6.04. The SMILES string of the molecule is C=C(C)C(=O)Nc1ccccc1-c1nc2cc(C)ccc2o1. The Balaban J connectivity index is 2.06. The summed E-state index contributed by atoms with van der Waals surface area (Å²) in [4.78, 5) is 16.4. The van der Waals surface area contributed by atoms with Gasteiger partial charge in [-0.05, 0) is 43.7 Å². The lowest BCUT2D eigenvalue weighted by atomic mass is 10.1. The van der Waals surface area contributed by atoms with Crippen molar-refractivity contribution in [1.82, 2.24) is 4.98 Å². The van der Waals surface area contributed by atoms with Gasteiger partial charge in [0.2, 0.25) is 5.89 Å². The fraction of sp³-hybridized carbons (Fsp3) is 0.111. The van der Waals surface area contributed by atoms with Gasteiger partial charge in [-0.25, -0.2) is 4.98 Å². The summed E-state index contributed by atoms with van der Waals surface area (Å²) in [5, 5.41) is 2.83. The van der Waals surface area contributed by atoms with E-state index in [1.807, 2.05) is 49.4 Å². The molecule has 0 saturated carbocycles. The number of aryl methyl sites for hydroxylation is 1. The number of rotatable bonds is 3. The predicted octanol–water partition coefficient (Wildman–Crippen LogP) is 4.32. The van der Waals surface area contributed by atoms with Gasteiger partial charge in [-0.1, -0.05) is 24.8 Å². The summed E-state index contributed by atoms with van der Waals surface area (Å²) in [6.07, 6.45) is 0. The number of carbonyl (C=O) groups is 1. The molecule has 3 rings (SSSR count). The van der Waals surface area contributed by atoms with Crippen LogP contribution in [0.25, 0.3) is 22.6 Å². The van der Waals surface area contributed by atoms with Gasteiger partial charge in [-0.15, -0.1) is 0 Å². The molecule has 3 aromatic rings. The molecule has 0 aliphatic heterocycles. The Labute approximate surface area is 128 Å². The Morgan fingerprint density at radius 2 is 2.00 bits per heavy atom. The number of benzene rings is 2. The zero-order chi connectivity index (χ0) is 15.7. The summed E-state index contributed by atoms with van der Waals surface area (Å²) in [5.74, 6) is 0.262. The summed E-state index contributed by atoms with van der Waals surface area (Å²) in [6, 6.07) is 13.3. The Bertz CT molecular complexity index is 878. The number of carbonyl (C=O) groups excluding carboxylic acids is 1. The molecule has 1 heterocycles. The van der Waals surface area contributed by atoms with E-state index in [1.165, 1.54) is 0 Å². The van der Waals surface area contributed by atoms with Crippen LogP contribution in [0.3, 0.4) is 0 Å². The van der Waals surface area contributed by atoms with E-state index in [1.54, 1.807) is 6.92 Å². The number of nitrogens with one attached hydrogen (secondary N) is 1. The number of hydrogen-bond acceptors (Lipinski definition) is 3. The summed E-state index contributed by atoms with van der Waals surface area (Å²) in [6.45, 7) is 7.32. The highest BCUT2D eigenvalue weighted by atomic mass is 16.3. The molecule has 1 N–H and O–H groups in total. The summed E-state index contributed by atoms with van der Waals surface area (Å²) in [7, 11) is 0. The van der Waals surface area contributed by atoms with E-state index in [4.69, 9.17) is 4.42 Å². The number of oxazole rings is 1. The van der Waals surface area contributed by atoms with Gasteiger partial charge in [0.1, 0.15) is 5.52 Å². The second-order valence-electron chi connectivity index (χ2n) is 5.27. The van der Waals surface area contributed by atoms with Crippen molar-refractivity contribution in [3.05, 3.63) is 60.2 Å².